The van der Waals surface area contributed by atoms with Crippen LogP contribution < -0.4 is 0 Å². The molecule has 216 valence electrons. The second-order valence-electron chi connectivity index (χ2n) is 12.4. The maximum absolute atomic E-state index is 2.53. The van der Waals surface area contributed by atoms with Gasteiger partial charge in [-0.1, -0.05) is 110 Å². The van der Waals surface area contributed by atoms with Crippen LogP contribution in [-0.2, 0) is 6.42 Å². The molecule has 0 aliphatic carbocycles. The van der Waals surface area contributed by atoms with Crippen LogP contribution >= 0.6 is 0 Å². The smallest absolute Gasteiger partial charge is 0.0620 e. The minimum atomic E-state index is 1.09. The zero-order valence-electron chi connectivity index (χ0n) is 25.7. The zero-order valence-corrected chi connectivity index (χ0v) is 25.7. The van der Waals surface area contributed by atoms with Crippen molar-refractivity contribution in [1.82, 2.24) is 9.13 Å². The first kappa shape index (κ1) is 26.1. The third kappa shape index (κ3) is 3.75. The van der Waals surface area contributed by atoms with E-state index in [1.165, 1.54) is 100 Å². The van der Waals surface area contributed by atoms with Crippen molar-refractivity contribution in [2.24, 2.45) is 0 Å². The molecule has 0 aliphatic rings. The number of benzene rings is 7. The molecule has 2 heterocycles. The lowest BCUT2D eigenvalue weighted by molar-refractivity contribution is 0.792. The fourth-order valence-electron chi connectivity index (χ4n) is 7.78. The molecule has 45 heavy (non-hydrogen) atoms. The van der Waals surface area contributed by atoms with Gasteiger partial charge in [-0.25, -0.2) is 0 Å². The highest BCUT2D eigenvalue weighted by atomic mass is 15.0. The molecule has 2 nitrogen and oxygen atoms in total. The Morgan fingerprint density at radius 1 is 0.422 bits per heavy atom. The second-order valence-corrected chi connectivity index (χ2v) is 12.4. The molecule has 9 aromatic rings. The van der Waals surface area contributed by atoms with Gasteiger partial charge < -0.3 is 9.13 Å². The molecule has 0 saturated heterocycles. The maximum atomic E-state index is 2.53. The van der Waals surface area contributed by atoms with E-state index in [0.29, 0.717) is 0 Å². The van der Waals surface area contributed by atoms with Crippen molar-refractivity contribution in [3.63, 3.8) is 0 Å². The summed E-state index contributed by atoms with van der Waals surface area (Å²) in [6, 6.07) is 49.5. The highest BCUT2D eigenvalue weighted by molar-refractivity contribution is 6.20. The molecule has 0 aliphatic heterocycles. The van der Waals surface area contributed by atoms with Crippen molar-refractivity contribution in [3.8, 4) is 11.4 Å². The predicted octanol–water partition coefficient (Wildman–Crippen LogP) is 11.8. The molecule has 2 heteroatoms. The summed E-state index contributed by atoms with van der Waals surface area (Å²) in [6.45, 7) is 4.59. The largest absolute Gasteiger partial charge is 0.308 e. The lowest BCUT2D eigenvalue weighted by Gasteiger charge is -2.22. The zero-order chi connectivity index (χ0) is 30.1. The van der Waals surface area contributed by atoms with Crippen molar-refractivity contribution in [3.05, 3.63) is 145 Å². The van der Waals surface area contributed by atoms with Crippen molar-refractivity contribution in [2.45, 2.75) is 33.1 Å². The maximum Gasteiger partial charge on any atom is 0.0620 e. The molecule has 0 atom stereocenters. The van der Waals surface area contributed by atoms with E-state index in [-0.39, 0.29) is 0 Å². The molecule has 0 spiro atoms. The number of para-hydroxylation sites is 4. The normalized spacial score (nSPS) is 12.0. The number of aryl methyl sites for hydroxylation is 2. The lowest BCUT2D eigenvalue weighted by Crippen LogP contribution is -2.04. The Labute approximate surface area is 262 Å². The molecular formula is C43H34N2. The van der Waals surface area contributed by atoms with Gasteiger partial charge in [-0.15, -0.1) is 0 Å². The van der Waals surface area contributed by atoms with Crippen molar-refractivity contribution < 1.29 is 0 Å². The van der Waals surface area contributed by atoms with Crippen LogP contribution in [-0.4, -0.2) is 9.13 Å². The van der Waals surface area contributed by atoms with Gasteiger partial charge in [-0.05, 0) is 67.3 Å². The predicted molar refractivity (Wildman–Crippen MR) is 193 cm³/mol. The highest BCUT2D eigenvalue weighted by Gasteiger charge is 2.23. The van der Waals surface area contributed by atoms with E-state index in [4.69, 9.17) is 0 Å². The lowest BCUT2D eigenvalue weighted by atomic mass is 9.92. The Morgan fingerprint density at radius 2 is 0.778 bits per heavy atom. The van der Waals surface area contributed by atoms with E-state index >= 15 is 0 Å². The van der Waals surface area contributed by atoms with Crippen molar-refractivity contribution in [1.29, 1.82) is 0 Å². The first-order valence-corrected chi connectivity index (χ1v) is 16.2. The Hall–Kier alpha value is -5.34. The average Bonchev–Trinajstić information content (AvgIpc) is 3.59. The van der Waals surface area contributed by atoms with Crippen molar-refractivity contribution in [2.75, 3.05) is 0 Å². The van der Waals surface area contributed by atoms with Gasteiger partial charge in [0.15, 0.2) is 0 Å². The van der Waals surface area contributed by atoms with Crippen LogP contribution in [0.1, 0.15) is 30.9 Å². The van der Waals surface area contributed by atoms with E-state index in [1.54, 1.807) is 0 Å². The molecule has 0 saturated carbocycles. The number of nitrogens with zero attached hydrogens (tertiary/aromatic N) is 2. The number of fused-ring (bicyclic) bond motifs is 8. The van der Waals surface area contributed by atoms with Crippen LogP contribution in [0.4, 0.5) is 0 Å². The Kier molecular flexibility index (Phi) is 5.86. The van der Waals surface area contributed by atoms with Gasteiger partial charge >= 0.3 is 0 Å². The summed E-state index contributed by atoms with van der Waals surface area (Å²) in [7, 11) is 0. The Morgan fingerprint density at radius 3 is 1.18 bits per heavy atom. The Balaban J connectivity index is 1.54. The SMILES string of the molecule is CCCCc1cc2c(-n3c4ccccc4c4ccccc43)c3ccccc3c(-n3c4ccccc4c4ccccc43)c2cc1C. The third-order valence-electron chi connectivity index (χ3n) is 9.83. The number of hydrogen-bond acceptors (Lipinski definition) is 0. The molecule has 0 amide bonds. The van der Waals surface area contributed by atoms with Crippen LogP contribution in [0, 0.1) is 6.92 Å². The fourth-order valence-corrected chi connectivity index (χ4v) is 7.78. The van der Waals surface area contributed by atoms with Gasteiger partial charge in [0.25, 0.3) is 0 Å². The summed E-state index contributed by atoms with van der Waals surface area (Å²) in [5.41, 5.74) is 10.3. The molecular weight excluding hydrogens is 544 g/mol. The average molecular weight is 579 g/mol. The van der Waals surface area contributed by atoms with E-state index in [9.17, 15) is 0 Å². The van der Waals surface area contributed by atoms with Gasteiger partial charge in [0.1, 0.15) is 0 Å². The molecule has 2 aromatic heterocycles. The molecule has 0 unspecified atom stereocenters. The number of aromatic nitrogens is 2. The van der Waals surface area contributed by atoms with E-state index in [0.717, 1.165) is 6.42 Å². The van der Waals surface area contributed by atoms with Gasteiger partial charge in [-0.3, -0.25) is 0 Å². The van der Waals surface area contributed by atoms with Crippen LogP contribution in [0.15, 0.2) is 133 Å². The van der Waals surface area contributed by atoms with Crippen molar-refractivity contribution >= 4 is 65.2 Å². The summed E-state index contributed by atoms with van der Waals surface area (Å²) < 4.78 is 5.06. The van der Waals surface area contributed by atoms with Crippen LogP contribution in [0.5, 0.6) is 0 Å². The van der Waals surface area contributed by atoms with Crippen LogP contribution in [0.3, 0.4) is 0 Å². The van der Waals surface area contributed by atoms with Crippen LogP contribution in [0.25, 0.3) is 76.5 Å². The topological polar surface area (TPSA) is 9.86 Å². The van der Waals surface area contributed by atoms with Gasteiger partial charge in [-0.2, -0.15) is 0 Å². The van der Waals surface area contributed by atoms with Gasteiger partial charge in [0.2, 0.25) is 0 Å². The molecule has 0 fully saturated rings. The van der Waals surface area contributed by atoms with Gasteiger partial charge in [0.05, 0.1) is 33.4 Å². The highest BCUT2D eigenvalue weighted by Crippen LogP contribution is 2.45. The molecule has 9 rings (SSSR count). The summed E-state index contributed by atoms with van der Waals surface area (Å²) >= 11 is 0. The summed E-state index contributed by atoms with van der Waals surface area (Å²) in [5, 5.41) is 10.3. The molecule has 7 aromatic carbocycles. The summed E-state index contributed by atoms with van der Waals surface area (Å²) in [6.07, 6.45) is 3.45. The minimum Gasteiger partial charge on any atom is -0.308 e. The standard InChI is InChI=1S/C43H34N2/c1-3-4-15-29-27-37-36(26-28(29)2)42(44-38-22-11-7-16-30(38)31-17-8-12-23-39(31)44)34-20-5-6-21-35(34)43(37)45-40-24-13-9-18-32(40)33-19-10-14-25-41(33)45/h5-14,16-27H,3-4,15H2,1-2H3. The molecule has 0 bridgehead atoms. The fraction of sp³-hybridized carbons (Fsp3) is 0.116. The molecule has 0 radical (unpaired) electrons. The third-order valence-corrected chi connectivity index (χ3v) is 9.83. The Bertz CT molecular complexity index is 2490. The summed E-state index contributed by atoms with van der Waals surface area (Å²) in [5.74, 6) is 0. The van der Waals surface area contributed by atoms with E-state index < -0.39 is 0 Å². The second kappa shape index (κ2) is 10.1. The number of unbranched alkanes of at least 4 members (excludes halogenated alkanes) is 1. The van der Waals surface area contributed by atoms with E-state index in [1.807, 2.05) is 0 Å². The minimum absolute atomic E-state index is 1.09. The number of rotatable bonds is 5. The number of hydrogen-bond donors (Lipinski definition) is 0. The molecule has 0 N–H and O–H groups in total. The van der Waals surface area contributed by atoms with Gasteiger partial charge in [0, 0.05) is 43.1 Å². The van der Waals surface area contributed by atoms with Crippen LogP contribution in [0.2, 0.25) is 0 Å². The monoisotopic (exact) mass is 578 g/mol. The quantitative estimate of drug-likeness (QED) is 0.180. The summed E-state index contributed by atoms with van der Waals surface area (Å²) in [4.78, 5) is 0. The first-order chi connectivity index (χ1) is 22.2. The van der Waals surface area contributed by atoms with E-state index in [2.05, 4.69) is 156 Å². The first-order valence-electron chi connectivity index (χ1n) is 16.2.